The van der Waals surface area contributed by atoms with Crippen molar-refractivity contribution in [2.24, 2.45) is 17.6 Å². The number of hydrogen-bond acceptors (Lipinski definition) is 3. The number of hydrogen-bond donors (Lipinski definition) is 2. The Balaban J connectivity index is 1.66. The lowest BCUT2D eigenvalue weighted by Gasteiger charge is -2.36. The van der Waals surface area contributed by atoms with Gasteiger partial charge in [-0.15, -0.1) is 11.6 Å². The molecule has 0 saturated heterocycles. The van der Waals surface area contributed by atoms with Crippen LogP contribution >= 0.6 is 11.6 Å². The van der Waals surface area contributed by atoms with Crippen LogP contribution in [-0.4, -0.2) is 35.3 Å². The molecule has 3 N–H and O–H groups in total. The standard InChI is InChI=1S/C18H34ClNO2/c1-13-4-2-7-16(10-13)22-17-9-8-14(18(19)11-17)5-3-6-15(20)12-21/h13-18,21H,2-12,20H2,1H3. The van der Waals surface area contributed by atoms with Gasteiger partial charge in [0.1, 0.15) is 0 Å². The fourth-order valence-electron chi connectivity index (χ4n) is 4.10. The van der Waals surface area contributed by atoms with Gasteiger partial charge in [0.05, 0.1) is 18.8 Å². The number of aliphatic hydroxyl groups is 1. The quantitative estimate of drug-likeness (QED) is 0.697. The zero-order chi connectivity index (χ0) is 15.9. The second-order valence-electron chi connectivity index (χ2n) is 7.61. The van der Waals surface area contributed by atoms with Gasteiger partial charge in [-0.25, -0.2) is 0 Å². The van der Waals surface area contributed by atoms with Crippen LogP contribution in [-0.2, 0) is 4.74 Å². The molecule has 6 unspecified atom stereocenters. The number of rotatable bonds is 7. The highest BCUT2D eigenvalue weighted by molar-refractivity contribution is 6.20. The molecule has 22 heavy (non-hydrogen) atoms. The Morgan fingerprint density at radius 3 is 2.64 bits per heavy atom. The average Bonchev–Trinajstić information content (AvgIpc) is 2.49. The number of alkyl halides is 1. The van der Waals surface area contributed by atoms with Crippen LogP contribution in [0.3, 0.4) is 0 Å². The molecule has 2 aliphatic carbocycles. The van der Waals surface area contributed by atoms with Crippen molar-refractivity contribution in [3.8, 4) is 0 Å². The molecule has 2 aliphatic rings. The highest BCUT2D eigenvalue weighted by Crippen LogP contribution is 2.36. The fourth-order valence-corrected chi connectivity index (χ4v) is 4.55. The van der Waals surface area contributed by atoms with E-state index in [1.807, 2.05) is 0 Å². The summed E-state index contributed by atoms with van der Waals surface area (Å²) < 4.78 is 6.34. The largest absolute Gasteiger partial charge is 0.395 e. The lowest BCUT2D eigenvalue weighted by atomic mass is 9.83. The molecule has 2 rings (SSSR count). The van der Waals surface area contributed by atoms with Crippen molar-refractivity contribution in [3.05, 3.63) is 0 Å². The summed E-state index contributed by atoms with van der Waals surface area (Å²) in [6, 6.07) is -0.0678. The third-order valence-corrected chi connectivity index (χ3v) is 6.05. The molecule has 0 aromatic carbocycles. The van der Waals surface area contributed by atoms with E-state index in [0.717, 1.165) is 38.0 Å². The van der Waals surface area contributed by atoms with Crippen LogP contribution in [0, 0.1) is 11.8 Å². The van der Waals surface area contributed by atoms with Crippen LogP contribution in [0.4, 0.5) is 0 Å². The fraction of sp³-hybridized carbons (Fsp3) is 1.00. The molecule has 6 atom stereocenters. The van der Waals surface area contributed by atoms with E-state index in [-0.39, 0.29) is 18.0 Å². The highest BCUT2D eigenvalue weighted by atomic mass is 35.5. The van der Waals surface area contributed by atoms with E-state index < -0.39 is 0 Å². The average molecular weight is 332 g/mol. The lowest BCUT2D eigenvalue weighted by Crippen LogP contribution is -2.34. The molecule has 0 aliphatic heterocycles. The summed E-state index contributed by atoms with van der Waals surface area (Å²) in [5, 5.41) is 9.21. The second kappa shape index (κ2) is 9.46. The molecule has 0 amide bonds. The van der Waals surface area contributed by atoms with Crippen molar-refractivity contribution < 1.29 is 9.84 Å². The van der Waals surface area contributed by atoms with Gasteiger partial charge in [0, 0.05) is 11.4 Å². The SMILES string of the molecule is CC1CCCC(OC2CCC(CCCC(N)CO)C(Cl)C2)C1. The van der Waals surface area contributed by atoms with Gasteiger partial charge < -0.3 is 15.6 Å². The van der Waals surface area contributed by atoms with E-state index in [1.165, 1.54) is 32.1 Å². The molecular weight excluding hydrogens is 298 g/mol. The van der Waals surface area contributed by atoms with Crippen LogP contribution in [0.1, 0.15) is 71.1 Å². The van der Waals surface area contributed by atoms with Crippen molar-refractivity contribution in [2.45, 2.75) is 94.8 Å². The molecule has 2 fully saturated rings. The third kappa shape index (κ3) is 5.99. The molecule has 0 spiro atoms. The van der Waals surface area contributed by atoms with E-state index in [1.54, 1.807) is 0 Å². The lowest BCUT2D eigenvalue weighted by molar-refractivity contribution is -0.0577. The number of nitrogens with two attached hydrogens (primary N) is 1. The minimum atomic E-state index is -0.0678. The van der Waals surface area contributed by atoms with Gasteiger partial charge in [-0.2, -0.15) is 0 Å². The molecule has 0 aromatic rings. The Morgan fingerprint density at radius 2 is 1.95 bits per heavy atom. The topological polar surface area (TPSA) is 55.5 Å². The minimum Gasteiger partial charge on any atom is -0.395 e. The summed E-state index contributed by atoms with van der Waals surface area (Å²) >= 11 is 6.61. The van der Waals surface area contributed by atoms with Crippen LogP contribution in [0.2, 0.25) is 0 Å². The van der Waals surface area contributed by atoms with E-state index in [9.17, 15) is 0 Å². The highest BCUT2D eigenvalue weighted by Gasteiger charge is 2.31. The van der Waals surface area contributed by atoms with Crippen LogP contribution in [0.25, 0.3) is 0 Å². The second-order valence-corrected chi connectivity index (χ2v) is 8.18. The van der Waals surface area contributed by atoms with Gasteiger partial charge in [0.2, 0.25) is 0 Å². The van der Waals surface area contributed by atoms with E-state index in [2.05, 4.69) is 6.92 Å². The summed E-state index contributed by atoms with van der Waals surface area (Å²) in [6.45, 7) is 2.43. The van der Waals surface area contributed by atoms with Crippen molar-refractivity contribution in [2.75, 3.05) is 6.61 Å². The van der Waals surface area contributed by atoms with Crippen LogP contribution in [0.5, 0.6) is 0 Å². The summed E-state index contributed by atoms with van der Waals surface area (Å²) in [4.78, 5) is 0. The monoisotopic (exact) mass is 331 g/mol. The molecule has 130 valence electrons. The van der Waals surface area contributed by atoms with Crippen LogP contribution < -0.4 is 5.73 Å². The molecule has 3 nitrogen and oxygen atoms in total. The van der Waals surface area contributed by atoms with Gasteiger partial charge >= 0.3 is 0 Å². The zero-order valence-electron chi connectivity index (χ0n) is 14.1. The Morgan fingerprint density at radius 1 is 1.18 bits per heavy atom. The Hall–Kier alpha value is 0.170. The molecule has 0 aromatic heterocycles. The van der Waals surface area contributed by atoms with Crippen molar-refractivity contribution in [1.82, 2.24) is 0 Å². The van der Waals surface area contributed by atoms with E-state index in [0.29, 0.717) is 18.1 Å². The van der Waals surface area contributed by atoms with Crippen molar-refractivity contribution >= 4 is 11.6 Å². The van der Waals surface area contributed by atoms with E-state index in [4.69, 9.17) is 27.2 Å². The predicted octanol–water partition coefficient (Wildman–Crippen LogP) is 3.85. The van der Waals surface area contributed by atoms with E-state index >= 15 is 0 Å². The first-order valence-corrected chi connectivity index (χ1v) is 9.68. The number of aliphatic hydroxyl groups excluding tert-OH is 1. The summed E-state index contributed by atoms with van der Waals surface area (Å²) in [7, 11) is 0. The third-order valence-electron chi connectivity index (χ3n) is 5.52. The van der Waals surface area contributed by atoms with Crippen molar-refractivity contribution in [1.29, 1.82) is 0 Å². The maximum absolute atomic E-state index is 8.97. The van der Waals surface area contributed by atoms with Crippen LogP contribution in [0.15, 0.2) is 0 Å². The first-order valence-electron chi connectivity index (χ1n) is 9.24. The zero-order valence-corrected chi connectivity index (χ0v) is 14.8. The Kier molecular flexibility index (Phi) is 7.96. The molecule has 4 heteroatoms. The van der Waals surface area contributed by atoms with Crippen molar-refractivity contribution in [3.63, 3.8) is 0 Å². The van der Waals surface area contributed by atoms with Gasteiger partial charge in [0.25, 0.3) is 0 Å². The number of halogens is 1. The summed E-state index contributed by atoms with van der Waals surface area (Å²) in [6.07, 6.45) is 12.4. The maximum Gasteiger partial charge on any atom is 0.0593 e. The smallest absolute Gasteiger partial charge is 0.0593 e. The molecule has 2 saturated carbocycles. The molecule has 0 heterocycles. The first kappa shape index (κ1) is 18.5. The van der Waals surface area contributed by atoms with Gasteiger partial charge in [0.15, 0.2) is 0 Å². The molecule has 0 radical (unpaired) electrons. The van der Waals surface area contributed by atoms with Gasteiger partial charge in [-0.1, -0.05) is 26.2 Å². The first-order chi connectivity index (χ1) is 10.6. The Labute approximate surface area is 140 Å². The molecule has 0 bridgehead atoms. The normalized spacial score (nSPS) is 37.9. The number of ether oxygens (including phenoxy) is 1. The summed E-state index contributed by atoms with van der Waals surface area (Å²) in [5.74, 6) is 1.41. The molecular formula is C18H34ClNO2. The summed E-state index contributed by atoms with van der Waals surface area (Å²) in [5.41, 5.74) is 5.76. The predicted molar refractivity (Wildman–Crippen MR) is 92.2 cm³/mol. The minimum absolute atomic E-state index is 0.0678. The van der Waals surface area contributed by atoms with Gasteiger partial charge in [-0.05, 0) is 56.8 Å². The maximum atomic E-state index is 8.97. The Bertz CT molecular complexity index is 315. The van der Waals surface area contributed by atoms with Gasteiger partial charge in [-0.3, -0.25) is 0 Å².